The second kappa shape index (κ2) is 7.46. The number of pyridine rings is 1. The molecule has 3 aliphatic rings. The number of nitrogens with zero attached hydrogens (tertiary/aromatic N) is 3. The summed E-state index contributed by atoms with van der Waals surface area (Å²) in [5, 5.41) is 11.1. The zero-order chi connectivity index (χ0) is 20.6. The SMILES string of the molecule is Cc1ccc(CN2CCC(O)(Cn3cccc4cc(C(F)(F)F)nc3-4)CC2)cc1. The fourth-order valence-electron chi connectivity index (χ4n) is 3.92. The molecular weight excluding hydrogens is 379 g/mol. The van der Waals surface area contributed by atoms with Crippen LogP contribution < -0.4 is 0 Å². The predicted octanol–water partition coefficient (Wildman–Crippen LogP) is 4.34. The molecule has 154 valence electrons. The molecule has 1 aromatic rings. The van der Waals surface area contributed by atoms with Crippen LogP contribution in [0.2, 0.25) is 0 Å². The lowest BCUT2D eigenvalue weighted by molar-refractivity contribution is -0.140. The van der Waals surface area contributed by atoms with Gasteiger partial charge in [-0.3, -0.25) is 4.90 Å². The molecule has 0 atom stereocenters. The number of fused-ring (bicyclic) bond motifs is 1. The molecule has 1 saturated heterocycles. The maximum atomic E-state index is 13.0. The predicted molar refractivity (Wildman–Crippen MR) is 104 cm³/mol. The fourth-order valence-corrected chi connectivity index (χ4v) is 3.92. The number of rotatable bonds is 4. The third-order valence-electron chi connectivity index (χ3n) is 5.66. The molecule has 0 radical (unpaired) electrons. The summed E-state index contributed by atoms with van der Waals surface area (Å²) >= 11 is 0. The van der Waals surface area contributed by atoms with Gasteiger partial charge in [-0.2, -0.15) is 13.2 Å². The Balaban J connectivity index is 1.44. The third-order valence-corrected chi connectivity index (χ3v) is 5.66. The normalized spacial score (nSPS) is 17.7. The molecule has 4 rings (SSSR count). The van der Waals surface area contributed by atoms with Gasteiger partial charge in [-0.05, 0) is 43.5 Å². The van der Waals surface area contributed by atoms with E-state index in [1.807, 2.05) is 0 Å². The van der Waals surface area contributed by atoms with Gasteiger partial charge in [0.2, 0.25) is 0 Å². The van der Waals surface area contributed by atoms with E-state index in [-0.39, 0.29) is 12.4 Å². The number of likely N-dealkylation sites (tertiary alicyclic amines) is 1. The van der Waals surface area contributed by atoms with Crippen LogP contribution in [0, 0.1) is 6.92 Å². The maximum absolute atomic E-state index is 13.0. The highest BCUT2D eigenvalue weighted by Gasteiger charge is 2.37. The molecule has 3 heterocycles. The van der Waals surface area contributed by atoms with Crippen molar-refractivity contribution < 1.29 is 18.3 Å². The number of benzene rings is 1. The summed E-state index contributed by atoms with van der Waals surface area (Å²) in [7, 11) is 0. The number of halogens is 3. The second-order valence-corrected chi connectivity index (χ2v) is 8.04. The third kappa shape index (κ3) is 4.46. The molecule has 0 bridgehead atoms. The van der Waals surface area contributed by atoms with Gasteiger partial charge in [-0.1, -0.05) is 29.8 Å². The zero-order valence-electron chi connectivity index (χ0n) is 16.3. The van der Waals surface area contributed by atoms with Gasteiger partial charge in [-0.25, -0.2) is 4.98 Å². The molecule has 7 heteroatoms. The Morgan fingerprint density at radius 1 is 1.10 bits per heavy atom. The van der Waals surface area contributed by atoms with E-state index in [4.69, 9.17) is 0 Å². The number of aryl methyl sites for hydroxylation is 1. The largest absolute Gasteiger partial charge is 0.433 e. The minimum absolute atomic E-state index is 0.233. The first kappa shape index (κ1) is 19.9. The summed E-state index contributed by atoms with van der Waals surface area (Å²) < 4.78 is 40.7. The van der Waals surface area contributed by atoms with Crippen LogP contribution in [0.5, 0.6) is 0 Å². The van der Waals surface area contributed by atoms with Crippen LogP contribution in [0.4, 0.5) is 13.2 Å². The fraction of sp³-hybridized carbons (Fsp3) is 0.409. The summed E-state index contributed by atoms with van der Waals surface area (Å²) in [5.41, 5.74) is 1.04. The highest BCUT2D eigenvalue weighted by atomic mass is 19.4. The first-order valence-corrected chi connectivity index (χ1v) is 9.75. The van der Waals surface area contributed by atoms with E-state index in [9.17, 15) is 18.3 Å². The Labute approximate surface area is 167 Å². The van der Waals surface area contributed by atoms with E-state index in [1.165, 1.54) is 11.1 Å². The standard InChI is InChI=1S/C22H24F3N3O/c1-16-4-6-17(7-5-16)14-27-11-8-21(29,9-12-27)15-28-10-2-3-18-13-19(22(23,24)25)26-20(18)28/h2-7,10,13,29H,8-9,11-12,14-15H2,1H3. The summed E-state index contributed by atoms with van der Waals surface area (Å²) in [6.07, 6.45) is -1.66. The molecule has 1 fully saturated rings. The first-order chi connectivity index (χ1) is 13.7. The molecule has 3 aliphatic heterocycles. The van der Waals surface area contributed by atoms with Crippen molar-refractivity contribution in [3.05, 3.63) is 65.5 Å². The number of aliphatic hydroxyl groups is 1. The molecule has 0 spiro atoms. The van der Waals surface area contributed by atoms with E-state index in [1.54, 1.807) is 22.9 Å². The van der Waals surface area contributed by atoms with Crippen LogP contribution in [-0.4, -0.2) is 38.2 Å². The van der Waals surface area contributed by atoms with Gasteiger partial charge < -0.3 is 9.67 Å². The van der Waals surface area contributed by atoms with E-state index in [0.29, 0.717) is 18.4 Å². The highest BCUT2D eigenvalue weighted by Crippen LogP contribution is 2.34. The quantitative estimate of drug-likeness (QED) is 0.705. The summed E-state index contributed by atoms with van der Waals surface area (Å²) in [6.45, 7) is 4.60. The molecule has 4 nitrogen and oxygen atoms in total. The Hall–Kier alpha value is -2.38. The monoisotopic (exact) mass is 403 g/mol. The second-order valence-electron chi connectivity index (χ2n) is 8.04. The molecule has 1 aromatic carbocycles. The van der Waals surface area contributed by atoms with Gasteiger partial charge in [0.1, 0.15) is 11.5 Å². The van der Waals surface area contributed by atoms with Gasteiger partial charge in [0.25, 0.3) is 0 Å². The Morgan fingerprint density at radius 3 is 2.45 bits per heavy atom. The van der Waals surface area contributed by atoms with E-state index in [2.05, 4.69) is 41.1 Å². The van der Waals surface area contributed by atoms with Gasteiger partial charge in [0.05, 0.1) is 12.1 Å². The number of hydrogen-bond donors (Lipinski definition) is 1. The highest BCUT2D eigenvalue weighted by molar-refractivity contribution is 5.59. The number of alkyl halides is 3. The molecule has 1 N–H and O–H groups in total. The van der Waals surface area contributed by atoms with Gasteiger partial charge in [-0.15, -0.1) is 0 Å². The van der Waals surface area contributed by atoms with Crippen molar-refractivity contribution in [1.29, 1.82) is 0 Å². The summed E-state index contributed by atoms with van der Waals surface area (Å²) in [4.78, 5) is 6.07. The van der Waals surface area contributed by atoms with Crippen LogP contribution >= 0.6 is 0 Å². The van der Waals surface area contributed by atoms with E-state index < -0.39 is 17.5 Å². The molecule has 0 amide bonds. The lowest BCUT2D eigenvalue weighted by Crippen LogP contribution is -2.46. The minimum atomic E-state index is -4.48. The first-order valence-electron chi connectivity index (χ1n) is 9.75. The Bertz CT molecular complexity index is 941. The van der Waals surface area contributed by atoms with Crippen LogP contribution in [-0.2, 0) is 19.3 Å². The lowest BCUT2D eigenvalue weighted by atomic mass is 9.90. The van der Waals surface area contributed by atoms with Crippen molar-refractivity contribution in [2.45, 2.75) is 44.6 Å². The van der Waals surface area contributed by atoms with Gasteiger partial charge >= 0.3 is 6.18 Å². The van der Waals surface area contributed by atoms with Crippen molar-refractivity contribution in [2.75, 3.05) is 13.1 Å². The van der Waals surface area contributed by atoms with Crippen molar-refractivity contribution in [3.8, 4) is 11.4 Å². The number of hydrogen-bond acceptors (Lipinski definition) is 3. The molecule has 0 saturated carbocycles. The Kier molecular flexibility index (Phi) is 5.12. The zero-order valence-corrected chi connectivity index (χ0v) is 16.3. The number of piperidine rings is 1. The molecular formula is C22H24F3N3O. The van der Waals surface area contributed by atoms with Crippen molar-refractivity contribution >= 4 is 0 Å². The van der Waals surface area contributed by atoms with Crippen LogP contribution in [0.1, 0.15) is 29.7 Å². The molecule has 0 aliphatic carbocycles. The molecule has 29 heavy (non-hydrogen) atoms. The average molecular weight is 403 g/mol. The molecule has 0 aromatic heterocycles. The summed E-state index contributed by atoms with van der Waals surface area (Å²) in [6, 6.07) is 12.8. The van der Waals surface area contributed by atoms with Crippen molar-refractivity contribution in [1.82, 2.24) is 14.5 Å². The van der Waals surface area contributed by atoms with Crippen molar-refractivity contribution in [3.63, 3.8) is 0 Å². The van der Waals surface area contributed by atoms with Crippen LogP contribution in [0.15, 0.2) is 48.7 Å². The lowest BCUT2D eigenvalue weighted by Gasteiger charge is -2.39. The van der Waals surface area contributed by atoms with E-state index >= 15 is 0 Å². The van der Waals surface area contributed by atoms with Crippen molar-refractivity contribution in [2.24, 2.45) is 0 Å². The number of aromatic nitrogens is 2. The maximum Gasteiger partial charge on any atom is 0.433 e. The smallest absolute Gasteiger partial charge is 0.388 e. The van der Waals surface area contributed by atoms with Gasteiger partial charge in [0, 0.05) is 31.4 Å². The topological polar surface area (TPSA) is 41.3 Å². The van der Waals surface area contributed by atoms with Crippen LogP contribution in [0.25, 0.3) is 11.4 Å². The Morgan fingerprint density at radius 2 is 1.79 bits per heavy atom. The van der Waals surface area contributed by atoms with Crippen LogP contribution in [0.3, 0.4) is 0 Å². The average Bonchev–Trinajstić information content (AvgIpc) is 3.12. The van der Waals surface area contributed by atoms with E-state index in [0.717, 1.165) is 25.7 Å². The minimum Gasteiger partial charge on any atom is -0.388 e. The molecule has 0 unspecified atom stereocenters. The van der Waals surface area contributed by atoms with Gasteiger partial charge in [0.15, 0.2) is 0 Å². The summed E-state index contributed by atoms with van der Waals surface area (Å²) in [5.74, 6) is 0.260.